The summed E-state index contributed by atoms with van der Waals surface area (Å²) in [6.45, 7) is 1.27. The summed E-state index contributed by atoms with van der Waals surface area (Å²) in [4.78, 5) is 18.1. The Hall–Kier alpha value is -3.08. The van der Waals surface area contributed by atoms with Gasteiger partial charge in [0.25, 0.3) is 0 Å². The van der Waals surface area contributed by atoms with Crippen LogP contribution in [0.5, 0.6) is 5.75 Å². The number of likely N-dealkylation sites (tertiary alicyclic amines) is 1. The topological polar surface area (TPSA) is 47.4 Å². The first-order valence-electron chi connectivity index (χ1n) is 8.74. The normalized spacial score (nSPS) is 16.9. The van der Waals surface area contributed by atoms with E-state index in [1.807, 2.05) is 67.8 Å². The number of rotatable bonds is 5. The molecule has 0 radical (unpaired) electrons. The molecule has 26 heavy (non-hydrogen) atoms. The van der Waals surface area contributed by atoms with E-state index in [0.717, 1.165) is 29.2 Å². The zero-order valence-electron chi connectivity index (χ0n) is 14.7. The highest BCUT2D eigenvalue weighted by molar-refractivity contribution is 5.78. The highest BCUT2D eigenvalue weighted by Gasteiger charge is 2.29. The highest BCUT2D eigenvalue weighted by Crippen LogP contribution is 2.28. The lowest BCUT2D eigenvalue weighted by Crippen LogP contribution is -2.19. The molecule has 1 aliphatic rings. The molecule has 1 saturated heterocycles. The van der Waals surface area contributed by atoms with Gasteiger partial charge in [-0.2, -0.15) is 0 Å². The molecule has 132 valence electrons. The molecule has 0 spiro atoms. The van der Waals surface area contributed by atoms with Crippen molar-refractivity contribution in [3.05, 3.63) is 72.6 Å². The second kappa shape index (κ2) is 7.04. The van der Waals surface area contributed by atoms with Crippen LogP contribution >= 0.6 is 0 Å². The van der Waals surface area contributed by atoms with Gasteiger partial charge in [0.2, 0.25) is 5.91 Å². The summed E-state index contributed by atoms with van der Waals surface area (Å²) in [6.07, 6.45) is 4.27. The Morgan fingerprint density at radius 1 is 1.12 bits per heavy atom. The first kappa shape index (κ1) is 16.4. The van der Waals surface area contributed by atoms with E-state index in [2.05, 4.69) is 9.55 Å². The summed E-state index contributed by atoms with van der Waals surface area (Å²) in [5.41, 5.74) is 2.16. The summed E-state index contributed by atoms with van der Waals surface area (Å²) < 4.78 is 7.94. The van der Waals surface area contributed by atoms with Gasteiger partial charge in [-0.3, -0.25) is 4.79 Å². The summed E-state index contributed by atoms with van der Waals surface area (Å²) in [6, 6.07) is 18.2. The van der Waals surface area contributed by atoms with Crippen LogP contribution in [-0.4, -0.2) is 34.0 Å². The van der Waals surface area contributed by atoms with E-state index in [1.54, 1.807) is 11.1 Å². The molecule has 0 aliphatic carbocycles. The van der Waals surface area contributed by atoms with Crippen molar-refractivity contribution in [3.8, 4) is 17.1 Å². The molecule has 1 amide bonds. The maximum absolute atomic E-state index is 11.8. The number of carbonyl (C=O) groups is 1. The molecule has 1 unspecified atom stereocenters. The van der Waals surface area contributed by atoms with E-state index in [4.69, 9.17) is 4.74 Å². The molecular weight excluding hydrogens is 326 g/mol. The molecule has 1 fully saturated rings. The van der Waals surface area contributed by atoms with Crippen LogP contribution in [0, 0.1) is 0 Å². The average molecular weight is 347 g/mol. The first-order valence-corrected chi connectivity index (χ1v) is 8.74. The number of amides is 1. The van der Waals surface area contributed by atoms with E-state index >= 15 is 0 Å². The molecule has 1 aliphatic heterocycles. The summed E-state index contributed by atoms with van der Waals surface area (Å²) >= 11 is 0. The largest absolute Gasteiger partial charge is 0.489 e. The molecule has 1 aromatic heterocycles. The molecule has 5 nitrogen and oxygen atoms in total. The van der Waals surface area contributed by atoms with E-state index in [-0.39, 0.29) is 11.9 Å². The summed E-state index contributed by atoms with van der Waals surface area (Å²) in [7, 11) is 1.85. The van der Waals surface area contributed by atoms with E-state index in [1.165, 1.54) is 0 Å². The minimum Gasteiger partial charge on any atom is -0.489 e. The van der Waals surface area contributed by atoms with Crippen LogP contribution in [0.4, 0.5) is 0 Å². The van der Waals surface area contributed by atoms with Crippen molar-refractivity contribution >= 4 is 5.91 Å². The number of benzene rings is 2. The van der Waals surface area contributed by atoms with Crippen LogP contribution in [0.25, 0.3) is 11.4 Å². The van der Waals surface area contributed by atoms with Crippen LogP contribution < -0.4 is 4.74 Å². The Morgan fingerprint density at radius 3 is 2.58 bits per heavy atom. The third kappa shape index (κ3) is 3.33. The van der Waals surface area contributed by atoms with Gasteiger partial charge in [0.05, 0.1) is 6.04 Å². The predicted molar refractivity (Wildman–Crippen MR) is 99.7 cm³/mol. The standard InChI is InChI=1S/C21H21N3O2/c1-23-14-18(13-20(23)25)24-12-11-22-21(24)17-7-9-19(10-8-17)26-15-16-5-3-2-4-6-16/h2-12,18H,13-15H2,1H3. The number of carbonyl (C=O) groups excluding carboxylic acids is 1. The van der Waals surface area contributed by atoms with E-state index in [0.29, 0.717) is 13.0 Å². The Morgan fingerprint density at radius 2 is 1.88 bits per heavy atom. The monoisotopic (exact) mass is 347 g/mol. The lowest BCUT2D eigenvalue weighted by molar-refractivity contribution is -0.126. The molecule has 2 aromatic carbocycles. The Bertz CT molecular complexity index is 887. The minimum atomic E-state index is 0.138. The van der Waals surface area contributed by atoms with Crippen molar-refractivity contribution < 1.29 is 9.53 Å². The number of aromatic nitrogens is 2. The maximum Gasteiger partial charge on any atom is 0.224 e. The lowest BCUT2D eigenvalue weighted by Gasteiger charge is -2.15. The van der Waals surface area contributed by atoms with Gasteiger partial charge in [-0.15, -0.1) is 0 Å². The number of ether oxygens (including phenoxy) is 1. The van der Waals surface area contributed by atoms with Gasteiger partial charge in [0, 0.05) is 38.0 Å². The zero-order valence-corrected chi connectivity index (χ0v) is 14.7. The Balaban J connectivity index is 1.48. The fourth-order valence-electron chi connectivity index (χ4n) is 3.30. The highest BCUT2D eigenvalue weighted by atomic mass is 16.5. The third-order valence-corrected chi connectivity index (χ3v) is 4.74. The number of hydrogen-bond donors (Lipinski definition) is 0. The van der Waals surface area contributed by atoms with Crippen LogP contribution in [0.2, 0.25) is 0 Å². The summed E-state index contributed by atoms with van der Waals surface area (Å²) in [5.74, 6) is 1.89. The van der Waals surface area contributed by atoms with Crippen LogP contribution in [0.1, 0.15) is 18.0 Å². The molecule has 0 bridgehead atoms. The minimum absolute atomic E-state index is 0.138. The third-order valence-electron chi connectivity index (χ3n) is 4.74. The SMILES string of the molecule is CN1CC(n2ccnc2-c2ccc(OCc3ccccc3)cc2)CC1=O. The average Bonchev–Trinajstić information content (AvgIpc) is 3.28. The zero-order chi connectivity index (χ0) is 17.9. The predicted octanol–water partition coefficient (Wildman–Crippen LogP) is 3.53. The van der Waals surface area contributed by atoms with Crippen LogP contribution in [0.3, 0.4) is 0 Å². The smallest absolute Gasteiger partial charge is 0.224 e. The first-order chi connectivity index (χ1) is 12.7. The summed E-state index contributed by atoms with van der Waals surface area (Å²) in [5, 5.41) is 0. The second-order valence-corrected chi connectivity index (χ2v) is 6.59. The number of likely N-dealkylation sites (N-methyl/N-ethyl adjacent to an activating group) is 1. The van der Waals surface area contributed by atoms with Crippen molar-refractivity contribution in [2.45, 2.75) is 19.1 Å². The fourth-order valence-corrected chi connectivity index (χ4v) is 3.30. The molecule has 2 heterocycles. The molecule has 1 atom stereocenters. The maximum atomic E-state index is 11.8. The molecule has 0 N–H and O–H groups in total. The van der Waals surface area contributed by atoms with Crippen molar-refractivity contribution in [2.24, 2.45) is 0 Å². The Labute approximate surface area is 152 Å². The van der Waals surface area contributed by atoms with Crippen molar-refractivity contribution in [2.75, 3.05) is 13.6 Å². The van der Waals surface area contributed by atoms with Gasteiger partial charge < -0.3 is 14.2 Å². The van der Waals surface area contributed by atoms with E-state index < -0.39 is 0 Å². The number of nitrogens with zero attached hydrogens (tertiary/aromatic N) is 3. The molecule has 0 saturated carbocycles. The molecular formula is C21H21N3O2. The van der Waals surface area contributed by atoms with Crippen molar-refractivity contribution in [1.82, 2.24) is 14.5 Å². The Kier molecular flexibility index (Phi) is 4.44. The number of hydrogen-bond acceptors (Lipinski definition) is 3. The van der Waals surface area contributed by atoms with Gasteiger partial charge in [-0.05, 0) is 29.8 Å². The van der Waals surface area contributed by atoms with Gasteiger partial charge in [-0.25, -0.2) is 4.98 Å². The van der Waals surface area contributed by atoms with Gasteiger partial charge >= 0.3 is 0 Å². The van der Waals surface area contributed by atoms with Crippen molar-refractivity contribution in [3.63, 3.8) is 0 Å². The van der Waals surface area contributed by atoms with Crippen LogP contribution in [0.15, 0.2) is 67.0 Å². The van der Waals surface area contributed by atoms with Crippen LogP contribution in [-0.2, 0) is 11.4 Å². The molecule has 5 heteroatoms. The second-order valence-electron chi connectivity index (χ2n) is 6.59. The quantitative estimate of drug-likeness (QED) is 0.709. The molecule has 4 rings (SSSR count). The lowest BCUT2D eigenvalue weighted by atomic mass is 10.1. The molecule has 3 aromatic rings. The number of imidazole rings is 1. The van der Waals surface area contributed by atoms with Gasteiger partial charge in [0.1, 0.15) is 18.2 Å². The van der Waals surface area contributed by atoms with Crippen molar-refractivity contribution in [1.29, 1.82) is 0 Å². The van der Waals surface area contributed by atoms with Gasteiger partial charge in [-0.1, -0.05) is 30.3 Å². The van der Waals surface area contributed by atoms with E-state index in [9.17, 15) is 4.79 Å². The fraction of sp³-hybridized carbons (Fsp3) is 0.238. The van der Waals surface area contributed by atoms with Gasteiger partial charge in [0.15, 0.2) is 0 Å².